The largest absolute Gasteiger partial charge is 0.380 e. The van der Waals surface area contributed by atoms with E-state index in [-0.39, 0.29) is 5.82 Å². The molecule has 2 aromatic rings. The molecule has 1 aromatic carbocycles. The highest BCUT2D eigenvalue weighted by molar-refractivity contribution is 7.15. The highest BCUT2D eigenvalue weighted by Crippen LogP contribution is 2.20. The minimum Gasteiger partial charge on any atom is -0.380 e. The Labute approximate surface area is 102 Å². The van der Waals surface area contributed by atoms with Crippen molar-refractivity contribution in [1.29, 1.82) is 0 Å². The van der Waals surface area contributed by atoms with Crippen LogP contribution in [0.5, 0.6) is 0 Å². The molecule has 2 rings (SSSR count). The first-order valence-corrected chi connectivity index (χ1v) is 5.95. The van der Waals surface area contributed by atoms with Gasteiger partial charge in [0.2, 0.25) is 0 Å². The standard InChI is InChI=1S/C11H10ClFN2S/c1-7-2-3-8(4-10(7)13)14-5-9-6-15-11(12)16-9/h2-4,6,14H,5H2,1H3. The van der Waals surface area contributed by atoms with Crippen LogP contribution in [0.3, 0.4) is 0 Å². The van der Waals surface area contributed by atoms with Crippen molar-refractivity contribution in [3.63, 3.8) is 0 Å². The predicted octanol–water partition coefficient (Wildman–Crippen LogP) is 3.86. The third-order valence-electron chi connectivity index (χ3n) is 2.16. The molecule has 0 saturated heterocycles. The molecular formula is C11H10ClFN2S. The van der Waals surface area contributed by atoms with Gasteiger partial charge in [0.05, 0.1) is 6.54 Å². The maximum atomic E-state index is 13.2. The van der Waals surface area contributed by atoms with Gasteiger partial charge in [0.25, 0.3) is 0 Å². The smallest absolute Gasteiger partial charge is 0.183 e. The van der Waals surface area contributed by atoms with Crippen LogP contribution in [0, 0.1) is 12.7 Å². The monoisotopic (exact) mass is 256 g/mol. The van der Waals surface area contributed by atoms with Crippen LogP contribution >= 0.6 is 22.9 Å². The molecule has 84 valence electrons. The van der Waals surface area contributed by atoms with Gasteiger partial charge < -0.3 is 5.32 Å². The van der Waals surface area contributed by atoms with Crippen molar-refractivity contribution in [3.05, 3.63) is 45.1 Å². The van der Waals surface area contributed by atoms with Crippen LogP contribution in [-0.4, -0.2) is 4.98 Å². The Morgan fingerprint density at radius 2 is 2.31 bits per heavy atom. The third kappa shape index (κ3) is 2.71. The average molecular weight is 257 g/mol. The summed E-state index contributed by atoms with van der Waals surface area (Å²) in [4.78, 5) is 4.95. The number of thiazole rings is 1. The molecule has 0 bridgehead atoms. The number of nitrogens with zero attached hydrogens (tertiary/aromatic N) is 1. The van der Waals surface area contributed by atoms with Crippen LogP contribution < -0.4 is 5.32 Å². The molecule has 0 spiro atoms. The lowest BCUT2D eigenvalue weighted by atomic mass is 10.2. The van der Waals surface area contributed by atoms with Gasteiger partial charge in [0, 0.05) is 16.8 Å². The Morgan fingerprint density at radius 1 is 1.50 bits per heavy atom. The molecule has 1 heterocycles. The number of aromatic nitrogens is 1. The van der Waals surface area contributed by atoms with Gasteiger partial charge in [-0.05, 0) is 24.6 Å². The minimum atomic E-state index is -0.202. The first-order valence-electron chi connectivity index (χ1n) is 4.75. The number of halogens is 2. The van der Waals surface area contributed by atoms with Gasteiger partial charge in [-0.2, -0.15) is 0 Å². The van der Waals surface area contributed by atoms with Crippen molar-refractivity contribution in [2.75, 3.05) is 5.32 Å². The van der Waals surface area contributed by atoms with E-state index in [2.05, 4.69) is 10.3 Å². The second-order valence-corrected chi connectivity index (χ2v) is 5.09. The molecule has 0 fully saturated rings. The van der Waals surface area contributed by atoms with Crippen molar-refractivity contribution >= 4 is 28.6 Å². The topological polar surface area (TPSA) is 24.9 Å². The van der Waals surface area contributed by atoms with Crippen LogP contribution in [0.4, 0.5) is 10.1 Å². The Morgan fingerprint density at radius 3 is 2.94 bits per heavy atom. The number of benzene rings is 1. The lowest BCUT2D eigenvalue weighted by molar-refractivity contribution is 0.619. The van der Waals surface area contributed by atoms with E-state index in [1.165, 1.54) is 17.4 Å². The summed E-state index contributed by atoms with van der Waals surface area (Å²) in [5.41, 5.74) is 1.40. The van der Waals surface area contributed by atoms with Crippen molar-refractivity contribution in [3.8, 4) is 0 Å². The Balaban J connectivity index is 2.02. The maximum Gasteiger partial charge on any atom is 0.183 e. The zero-order valence-corrected chi connectivity index (χ0v) is 10.2. The molecule has 1 aromatic heterocycles. The Kier molecular flexibility index (Phi) is 3.41. The van der Waals surface area contributed by atoms with Crippen LogP contribution in [0.25, 0.3) is 0 Å². The summed E-state index contributed by atoms with van der Waals surface area (Å²) in [6, 6.07) is 5.08. The average Bonchev–Trinajstić information content (AvgIpc) is 2.66. The second-order valence-electron chi connectivity index (χ2n) is 3.40. The summed E-state index contributed by atoms with van der Waals surface area (Å²) >= 11 is 7.12. The molecule has 0 radical (unpaired) electrons. The van der Waals surface area contributed by atoms with Crippen molar-refractivity contribution < 1.29 is 4.39 Å². The molecular weight excluding hydrogens is 247 g/mol. The van der Waals surface area contributed by atoms with E-state index in [1.54, 1.807) is 19.2 Å². The molecule has 0 aliphatic rings. The minimum absolute atomic E-state index is 0.202. The van der Waals surface area contributed by atoms with Gasteiger partial charge in [-0.25, -0.2) is 9.37 Å². The van der Waals surface area contributed by atoms with Gasteiger partial charge in [-0.3, -0.25) is 0 Å². The van der Waals surface area contributed by atoms with Gasteiger partial charge in [0.15, 0.2) is 4.47 Å². The highest BCUT2D eigenvalue weighted by atomic mass is 35.5. The van der Waals surface area contributed by atoms with E-state index in [4.69, 9.17) is 11.6 Å². The molecule has 5 heteroatoms. The summed E-state index contributed by atoms with van der Waals surface area (Å²) in [7, 11) is 0. The molecule has 0 atom stereocenters. The van der Waals surface area contributed by atoms with Gasteiger partial charge in [0.1, 0.15) is 5.82 Å². The van der Waals surface area contributed by atoms with E-state index < -0.39 is 0 Å². The molecule has 0 aliphatic carbocycles. The Bertz CT molecular complexity index is 498. The SMILES string of the molecule is Cc1ccc(NCc2cnc(Cl)s2)cc1F. The van der Waals surface area contributed by atoms with Crippen LogP contribution in [-0.2, 0) is 6.54 Å². The summed E-state index contributed by atoms with van der Waals surface area (Å²) in [5, 5.41) is 3.11. The fourth-order valence-corrected chi connectivity index (χ4v) is 2.17. The third-order valence-corrected chi connectivity index (χ3v) is 3.28. The zero-order chi connectivity index (χ0) is 11.5. The lowest BCUT2D eigenvalue weighted by Gasteiger charge is -2.05. The van der Waals surface area contributed by atoms with Crippen molar-refractivity contribution in [1.82, 2.24) is 4.98 Å². The molecule has 0 amide bonds. The molecule has 2 nitrogen and oxygen atoms in total. The van der Waals surface area contributed by atoms with Crippen molar-refractivity contribution in [2.45, 2.75) is 13.5 Å². The Hall–Kier alpha value is -1.13. The normalized spacial score (nSPS) is 10.4. The van der Waals surface area contributed by atoms with Crippen LogP contribution in [0.1, 0.15) is 10.4 Å². The summed E-state index contributed by atoms with van der Waals surface area (Å²) in [5.74, 6) is -0.202. The molecule has 0 aliphatic heterocycles. The number of anilines is 1. The fourth-order valence-electron chi connectivity index (χ4n) is 1.26. The van der Waals surface area contributed by atoms with Gasteiger partial charge >= 0.3 is 0 Å². The first-order chi connectivity index (χ1) is 7.65. The number of nitrogens with one attached hydrogen (secondary N) is 1. The summed E-state index contributed by atoms with van der Waals surface area (Å²) in [6.07, 6.45) is 1.71. The number of aryl methyl sites for hydroxylation is 1. The van der Waals surface area contributed by atoms with Gasteiger partial charge in [-0.1, -0.05) is 17.7 Å². The summed E-state index contributed by atoms with van der Waals surface area (Å²) in [6.45, 7) is 2.34. The molecule has 0 saturated carbocycles. The van der Waals surface area contributed by atoms with E-state index >= 15 is 0 Å². The van der Waals surface area contributed by atoms with E-state index in [1.807, 2.05) is 6.07 Å². The van der Waals surface area contributed by atoms with E-state index in [0.717, 1.165) is 10.6 Å². The second kappa shape index (κ2) is 4.80. The van der Waals surface area contributed by atoms with E-state index in [9.17, 15) is 4.39 Å². The van der Waals surface area contributed by atoms with E-state index in [0.29, 0.717) is 16.6 Å². The first kappa shape index (κ1) is 11.4. The van der Waals surface area contributed by atoms with Gasteiger partial charge in [-0.15, -0.1) is 11.3 Å². The highest BCUT2D eigenvalue weighted by Gasteiger charge is 2.01. The molecule has 0 unspecified atom stereocenters. The fraction of sp³-hybridized carbons (Fsp3) is 0.182. The summed E-state index contributed by atoms with van der Waals surface area (Å²) < 4.78 is 13.8. The number of hydrogen-bond donors (Lipinski definition) is 1. The maximum absolute atomic E-state index is 13.2. The van der Waals surface area contributed by atoms with Crippen molar-refractivity contribution in [2.24, 2.45) is 0 Å². The predicted molar refractivity (Wildman–Crippen MR) is 65.6 cm³/mol. The quantitative estimate of drug-likeness (QED) is 0.902. The van der Waals surface area contributed by atoms with Crippen LogP contribution in [0.2, 0.25) is 4.47 Å². The zero-order valence-electron chi connectivity index (χ0n) is 8.63. The lowest BCUT2D eigenvalue weighted by Crippen LogP contribution is -1.98. The van der Waals surface area contributed by atoms with Crippen LogP contribution in [0.15, 0.2) is 24.4 Å². The number of hydrogen-bond acceptors (Lipinski definition) is 3. The molecule has 1 N–H and O–H groups in total. The number of rotatable bonds is 3. The molecule has 16 heavy (non-hydrogen) atoms.